The number of carbonyl (C=O) groups is 2. The van der Waals surface area contributed by atoms with Crippen LogP contribution in [-0.4, -0.2) is 66.1 Å². The van der Waals surface area contributed by atoms with Crippen molar-refractivity contribution in [3.05, 3.63) is 46.3 Å². The third kappa shape index (κ3) is 3.60. The van der Waals surface area contributed by atoms with Crippen molar-refractivity contribution in [1.82, 2.24) is 14.8 Å². The molecule has 4 rings (SSSR count). The molecule has 0 atom stereocenters. The van der Waals surface area contributed by atoms with Crippen LogP contribution in [0, 0.1) is 13.8 Å². The first-order valence-electron chi connectivity index (χ1n) is 9.77. The molecule has 0 unspecified atom stereocenters. The predicted octanol–water partition coefficient (Wildman–Crippen LogP) is 3.23. The SMILES string of the molecule is CSc1ccc2c(c1)/C(=C/c1[nH]c(C)c(C(=O)N3CCN(C)CC3)c1C)C(=O)N2. The first-order valence-corrected chi connectivity index (χ1v) is 11.0. The molecular weight excluding hydrogens is 384 g/mol. The van der Waals surface area contributed by atoms with Gasteiger partial charge in [0.1, 0.15) is 0 Å². The minimum absolute atomic E-state index is 0.0648. The van der Waals surface area contributed by atoms with Gasteiger partial charge in [0.2, 0.25) is 0 Å². The van der Waals surface area contributed by atoms with E-state index in [1.54, 1.807) is 11.8 Å². The highest BCUT2D eigenvalue weighted by atomic mass is 32.2. The van der Waals surface area contributed by atoms with Gasteiger partial charge in [0.15, 0.2) is 0 Å². The molecule has 6 nitrogen and oxygen atoms in total. The number of aromatic nitrogens is 1. The summed E-state index contributed by atoms with van der Waals surface area (Å²) in [5.41, 5.74) is 5.62. The second-order valence-corrected chi connectivity index (χ2v) is 8.56. The van der Waals surface area contributed by atoms with E-state index in [0.29, 0.717) is 5.57 Å². The zero-order valence-electron chi connectivity index (χ0n) is 17.3. The van der Waals surface area contributed by atoms with Gasteiger partial charge >= 0.3 is 0 Å². The molecule has 1 aromatic carbocycles. The minimum Gasteiger partial charge on any atom is -0.358 e. The molecule has 0 radical (unpaired) electrons. The lowest BCUT2D eigenvalue weighted by molar-refractivity contribution is -0.110. The van der Waals surface area contributed by atoms with Crippen LogP contribution >= 0.6 is 11.8 Å². The number of rotatable bonds is 3. The molecule has 2 N–H and O–H groups in total. The number of likely N-dealkylation sites (N-methyl/N-ethyl adjacent to an activating group) is 1. The largest absolute Gasteiger partial charge is 0.358 e. The zero-order chi connectivity index (χ0) is 20.7. The molecule has 0 spiro atoms. The third-order valence-corrected chi connectivity index (χ3v) is 6.50. The summed E-state index contributed by atoms with van der Waals surface area (Å²) in [7, 11) is 2.08. The molecule has 29 heavy (non-hydrogen) atoms. The van der Waals surface area contributed by atoms with E-state index in [-0.39, 0.29) is 11.8 Å². The Morgan fingerprint density at radius 1 is 1.17 bits per heavy atom. The topological polar surface area (TPSA) is 68.4 Å². The summed E-state index contributed by atoms with van der Waals surface area (Å²) in [5.74, 6) is -0.0493. The van der Waals surface area contributed by atoms with E-state index in [1.807, 2.05) is 49.3 Å². The summed E-state index contributed by atoms with van der Waals surface area (Å²) in [6.07, 6.45) is 3.89. The molecule has 3 heterocycles. The predicted molar refractivity (Wildman–Crippen MR) is 118 cm³/mol. The Bertz CT molecular complexity index is 1020. The van der Waals surface area contributed by atoms with Gasteiger partial charge in [0.05, 0.1) is 11.1 Å². The number of hydrogen-bond acceptors (Lipinski definition) is 4. The maximum absolute atomic E-state index is 13.1. The molecule has 7 heteroatoms. The van der Waals surface area contributed by atoms with E-state index in [0.717, 1.165) is 64.8 Å². The monoisotopic (exact) mass is 410 g/mol. The first-order chi connectivity index (χ1) is 13.9. The molecule has 0 aliphatic carbocycles. The van der Waals surface area contributed by atoms with Crippen LogP contribution in [0.3, 0.4) is 0 Å². The number of thioether (sulfide) groups is 1. The van der Waals surface area contributed by atoms with Crippen LogP contribution in [0.4, 0.5) is 5.69 Å². The van der Waals surface area contributed by atoms with Crippen LogP contribution < -0.4 is 5.32 Å². The molecule has 2 aliphatic rings. The standard InChI is InChI=1S/C22H26N4O2S/c1-13-19(12-17-16-11-15(29-4)5-6-18(16)24-21(17)27)23-14(2)20(13)22(28)26-9-7-25(3)8-10-26/h5-6,11-12,23H,7-10H2,1-4H3,(H,24,27)/b17-12-. The van der Waals surface area contributed by atoms with Crippen molar-refractivity contribution in [2.24, 2.45) is 0 Å². The van der Waals surface area contributed by atoms with E-state index in [2.05, 4.69) is 22.2 Å². The zero-order valence-corrected chi connectivity index (χ0v) is 18.1. The van der Waals surface area contributed by atoms with E-state index >= 15 is 0 Å². The van der Waals surface area contributed by atoms with Crippen LogP contribution in [0.1, 0.15) is 32.9 Å². The maximum atomic E-state index is 13.1. The molecule has 1 fully saturated rings. The van der Waals surface area contributed by atoms with Crippen molar-refractivity contribution in [2.75, 3.05) is 44.8 Å². The molecule has 152 valence electrons. The lowest BCUT2D eigenvalue weighted by atomic mass is 10.0. The fourth-order valence-corrected chi connectivity index (χ4v) is 4.43. The Hall–Kier alpha value is -2.51. The molecule has 1 saturated heterocycles. The molecule has 2 amide bonds. The number of amides is 2. The summed E-state index contributed by atoms with van der Waals surface area (Å²) in [6.45, 7) is 7.13. The van der Waals surface area contributed by atoms with Crippen LogP contribution in [0.2, 0.25) is 0 Å². The van der Waals surface area contributed by atoms with Crippen molar-refractivity contribution >= 4 is 40.9 Å². The van der Waals surface area contributed by atoms with Gasteiger partial charge in [-0.1, -0.05) is 0 Å². The maximum Gasteiger partial charge on any atom is 0.256 e. The van der Waals surface area contributed by atoms with E-state index in [9.17, 15) is 9.59 Å². The van der Waals surface area contributed by atoms with Crippen molar-refractivity contribution in [2.45, 2.75) is 18.7 Å². The van der Waals surface area contributed by atoms with Gasteiger partial charge in [-0.05, 0) is 57.0 Å². The van der Waals surface area contributed by atoms with Crippen LogP contribution in [0.25, 0.3) is 11.6 Å². The number of carbonyl (C=O) groups excluding carboxylic acids is 2. The lowest BCUT2D eigenvalue weighted by Gasteiger charge is -2.32. The van der Waals surface area contributed by atoms with Crippen molar-refractivity contribution in [3.63, 3.8) is 0 Å². The minimum atomic E-state index is -0.114. The number of piperazine rings is 1. The molecule has 0 bridgehead atoms. The van der Waals surface area contributed by atoms with Gasteiger partial charge in [-0.2, -0.15) is 0 Å². The average Bonchev–Trinajstić information content (AvgIpc) is 3.17. The molecule has 2 aliphatic heterocycles. The number of nitrogens with one attached hydrogen (secondary N) is 2. The van der Waals surface area contributed by atoms with Crippen LogP contribution in [0.5, 0.6) is 0 Å². The molecular formula is C22H26N4O2S. The molecule has 2 aromatic rings. The molecule has 0 saturated carbocycles. The normalized spacial score (nSPS) is 18.3. The van der Waals surface area contributed by atoms with Crippen molar-refractivity contribution in [3.8, 4) is 0 Å². The van der Waals surface area contributed by atoms with Crippen molar-refractivity contribution in [1.29, 1.82) is 0 Å². The van der Waals surface area contributed by atoms with Crippen LogP contribution in [0.15, 0.2) is 23.1 Å². The van der Waals surface area contributed by atoms with Crippen molar-refractivity contribution < 1.29 is 9.59 Å². The Kier molecular flexibility index (Phi) is 5.27. The summed E-state index contributed by atoms with van der Waals surface area (Å²) in [5, 5.41) is 2.93. The number of nitrogens with zero attached hydrogens (tertiary/aromatic N) is 2. The summed E-state index contributed by atoms with van der Waals surface area (Å²) >= 11 is 1.65. The number of benzene rings is 1. The number of aryl methyl sites for hydroxylation is 1. The second-order valence-electron chi connectivity index (χ2n) is 7.68. The smallest absolute Gasteiger partial charge is 0.256 e. The quantitative estimate of drug-likeness (QED) is 0.602. The van der Waals surface area contributed by atoms with Crippen LogP contribution in [-0.2, 0) is 4.79 Å². The highest BCUT2D eigenvalue weighted by Crippen LogP contribution is 2.36. The second kappa shape index (κ2) is 7.72. The van der Waals surface area contributed by atoms with Gasteiger partial charge in [0.25, 0.3) is 11.8 Å². The summed E-state index contributed by atoms with van der Waals surface area (Å²) in [6, 6.07) is 5.98. The number of H-pyrrole nitrogens is 1. The fourth-order valence-electron chi connectivity index (χ4n) is 3.99. The summed E-state index contributed by atoms with van der Waals surface area (Å²) in [4.78, 5) is 34.3. The third-order valence-electron chi connectivity index (χ3n) is 5.78. The number of aromatic amines is 1. The number of anilines is 1. The van der Waals surface area contributed by atoms with Gasteiger partial charge < -0.3 is 20.1 Å². The van der Waals surface area contributed by atoms with E-state index < -0.39 is 0 Å². The highest BCUT2D eigenvalue weighted by Gasteiger charge is 2.28. The average molecular weight is 411 g/mol. The first kappa shape index (κ1) is 19.8. The van der Waals surface area contributed by atoms with Gasteiger partial charge in [-0.15, -0.1) is 11.8 Å². The van der Waals surface area contributed by atoms with E-state index in [4.69, 9.17) is 0 Å². The highest BCUT2D eigenvalue weighted by molar-refractivity contribution is 7.98. The lowest BCUT2D eigenvalue weighted by Crippen LogP contribution is -2.47. The fraction of sp³-hybridized carbons (Fsp3) is 0.364. The Morgan fingerprint density at radius 2 is 1.90 bits per heavy atom. The van der Waals surface area contributed by atoms with Gasteiger partial charge in [-0.3, -0.25) is 9.59 Å². The van der Waals surface area contributed by atoms with Gasteiger partial charge in [0, 0.05) is 53.7 Å². The Labute approximate surface area is 175 Å². The van der Waals surface area contributed by atoms with E-state index in [1.165, 1.54) is 0 Å². The number of fused-ring (bicyclic) bond motifs is 1. The number of hydrogen-bond donors (Lipinski definition) is 2. The van der Waals surface area contributed by atoms with Gasteiger partial charge in [-0.25, -0.2) is 0 Å². The summed E-state index contributed by atoms with van der Waals surface area (Å²) < 4.78 is 0. The Morgan fingerprint density at radius 3 is 2.59 bits per heavy atom. The Balaban J connectivity index is 1.69. The molecule has 1 aromatic heterocycles.